The van der Waals surface area contributed by atoms with Gasteiger partial charge in [-0.2, -0.15) is 0 Å². The van der Waals surface area contributed by atoms with Gasteiger partial charge in [0.15, 0.2) is 0 Å². The molecule has 0 fully saturated rings. The molecule has 0 unspecified atom stereocenters. The highest BCUT2D eigenvalue weighted by Gasteiger charge is 1.99. The van der Waals surface area contributed by atoms with Gasteiger partial charge in [0, 0.05) is 7.11 Å². The van der Waals surface area contributed by atoms with Crippen molar-refractivity contribution in [3.05, 3.63) is 23.7 Å². The lowest BCUT2D eigenvalue weighted by atomic mass is 10.4. The monoisotopic (exact) mass is 185 g/mol. The number of nitrogens with two attached hydrogens (primary N) is 1. The molecule has 1 rings (SSSR count). The van der Waals surface area contributed by atoms with Crippen LogP contribution < -0.4 is 5.73 Å². The van der Waals surface area contributed by atoms with Crippen molar-refractivity contribution in [2.24, 2.45) is 5.73 Å². The van der Waals surface area contributed by atoms with E-state index >= 15 is 0 Å². The molecule has 4 heteroatoms. The highest BCUT2D eigenvalue weighted by atomic mass is 16.5. The van der Waals surface area contributed by atoms with E-state index in [1.165, 1.54) is 0 Å². The molecular formula is C9H15NO3. The first-order chi connectivity index (χ1) is 6.36. The van der Waals surface area contributed by atoms with Crippen LogP contribution in [0.4, 0.5) is 0 Å². The minimum Gasteiger partial charge on any atom is -0.462 e. The molecule has 0 spiro atoms. The zero-order valence-electron chi connectivity index (χ0n) is 7.79. The molecule has 1 aromatic heterocycles. The molecule has 0 aromatic carbocycles. The predicted molar refractivity (Wildman–Crippen MR) is 48.1 cm³/mol. The van der Waals surface area contributed by atoms with Gasteiger partial charge in [0.25, 0.3) is 0 Å². The van der Waals surface area contributed by atoms with Crippen molar-refractivity contribution in [1.82, 2.24) is 0 Å². The lowest BCUT2D eigenvalue weighted by Gasteiger charge is -2.00. The number of ether oxygens (including phenoxy) is 2. The first-order valence-corrected chi connectivity index (χ1v) is 4.21. The fraction of sp³-hybridized carbons (Fsp3) is 0.556. The van der Waals surface area contributed by atoms with Crippen molar-refractivity contribution >= 4 is 0 Å². The summed E-state index contributed by atoms with van der Waals surface area (Å²) in [4.78, 5) is 0. The summed E-state index contributed by atoms with van der Waals surface area (Å²) in [7, 11) is 1.64. The molecule has 0 saturated carbocycles. The average molecular weight is 185 g/mol. The third-order valence-corrected chi connectivity index (χ3v) is 1.59. The molecule has 0 aliphatic carbocycles. The number of hydrogen-bond donors (Lipinski definition) is 1. The molecule has 4 nitrogen and oxygen atoms in total. The summed E-state index contributed by atoms with van der Waals surface area (Å²) >= 11 is 0. The van der Waals surface area contributed by atoms with E-state index in [0.717, 1.165) is 11.5 Å². The topological polar surface area (TPSA) is 57.6 Å². The van der Waals surface area contributed by atoms with Crippen molar-refractivity contribution in [2.45, 2.75) is 13.2 Å². The van der Waals surface area contributed by atoms with Crippen molar-refractivity contribution in [3.8, 4) is 0 Å². The fourth-order valence-corrected chi connectivity index (χ4v) is 0.925. The normalized spacial score (nSPS) is 10.6. The van der Waals surface area contributed by atoms with E-state index < -0.39 is 0 Å². The zero-order valence-corrected chi connectivity index (χ0v) is 7.79. The first kappa shape index (κ1) is 10.2. The molecule has 0 radical (unpaired) electrons. The van der Waals surface area contributed by atoms with Gasteiger partial charge in [-0.15, -0.1) is 0 Å². The van der Waals surface area contributed by atoms with Gasteiger partial charge in [0.2, 0.25) is 0 Å². The molecule has 0 saturated heterocycles. The Bertz CT molecular complexity index is 235. The summed E-state index contributed by atoms with van der Waals surface area (Å²) in [6, 6.07) is 3.73. The van der Waals surface area contributed by atoms with Gasteiger partial charge in [-0.05, 0) is 12.1 Å². The van der Waals surface area contributed by atoms with Gasteiger partial charge in [0.1, 0.15) is 18.1 Å². The second-order valence-corrected chi connectivity index (χ2v) is 2.62. The van der Waals surface area contributed by atoms with Crippen molar-refractivity contribution in [2.75, 3.05) is 20.3 Å². The maximum atomic E-state index is 5.38. The summed E-state index contributed by atoms with van der Waals surface area (Å²) in [6.07, 6.45) is 0. The van der Waals surface area contributed by atoms with E-state index in [1.807, 2.05) is 12.1 Å². The van der Waals surface area contributed by atoms with E-state index in [-0.39, 0.29) is 0 Å². The fourth-order valence-electron chi connectivity index (χ4n) is 0.925. The van der Waals surface area contributed by atoms with Crippen LogP contribution in [0.3, 0.4) is 0 Å². The summed E-state index contributed by atoms with van der Waals surface area (Å²) in [5.74, 6) is 1.59. The van der Waals surface area contributed by atoms with Gasteiger partial charge in [-0.3, -0.25) is 0 Å². The van der Waals surface area contributed by atoms with Crippen molar-refractivity contribution in [1.29, 1.82) is 0 Å². The lowest BCUT2D eigenvalue weighted by Crippen LogP contribution is -2.01. The lowest BCUT2D eigenvalue weighted by molar-refractivity contribution is 0.0534. The molecule has 1 heterocycles. The summed E-state index contributed by atoms with van der Waals surface area (Å²) in [5, 5.41) is 0. The molecule has 0 atom stereocenters. The Labute approximate surface area is 77.6 Å². The quantitative estimate of drug-likeness (QED) is 0.669. The molecule has 0 aliphatic rings. The molecule has 0 amide bonds. The van der Waals surface area contributed by atoms with Gasteiger partial charge in [-0.1, -0.05) is 0 Å². The van der Waals surface area contributed by atoms with Crippen LogP contribution >= 0.6 is 0 Å². The maximum absolute atomic E-state index is 5.38. The Morgan fingerprint density at radius 3 is 2.69 bits per heavy atom. The van der Waals surface area contributed by atoms with Crippen LogP contribution in [-0.4, -0.2) is 20.3 Å². The Morgan fingerprint density at radius 1 is 1.31 bits per heavy atom. The number of hydrogen-bond acceptors (Lipinski definition) is 4. The molecule has 0 bridgehead atoms. The second kappa shape index (κ2) is 5.75. The van der Waals surface area contributed by atoms with E-state index in [4.69, 9.17) is 19.6 Å². The zero-order chi connectivity index (χ0) is 9.52. The Kier molecular flexibility index (Phi) is 4.53. The van der Waals surface area contributed by atoms with Crippen LogP contribution in [0.2, 0.25) is 0 Å². The largest absolute Gasteiger partial charge is 0.462 e. The van der Waals surface area contributed by atoms with E-state index in [1.54, 1.807) is 7.11 Å². The van der Waals surface area contributed by atoms with Crippen LogP contribution in [-0.2, 0) is 22.6 Å². The SMILES string of the molecule is COCCOCc1ccc(CN)o1. The number of rotatable bonds is 6. The first-order valence-electron chi connectivity index (χ1n) is 4.21. The van der Waals surface area contributed by atoms with Gasteiger partial charge in [0.05, 0.1) is 19.8 Å². The molecule has 74 valence electrons. The second-order valence-electron chi connectivity index (χ2n) is 2.62. The third kappa shape index (κ3) is 3.59. The van der Waals surface area contributed by atoms with E-state index in [2.05, 4.69) is 0 Å². The molecule has 2 N–H and O–H groups in total. The minimum atomic E-state index is 0.429. The average Bonchev–Trinajstić information content (AvgIpc) is 2.60. The molecule has 1 aromatic rings. The van der Waals surface area contributed by atoms with Crippen LogP contribution in [0.15, 0.2) is 16.5 Å². The van der Waals surface area contributed by atoms with Gasteiger partial charge < -0.3 is 19.6 Å². The highest BCUT2D eigenvalue weighted by Crippen LogP contribution is 2.07. The molecule has 13 heavy (non-hydrogen) atoms. The Morgan fingerprint density at radius 2 is 2.08 bits per heavy atom. The van der Waals surface area contributed by atoms with E-state index in [0.29, 0.717) is 26.4 Å². The standard InChI is InChI=1S/C9H15NO3/c1-11-4-5-12-7-9-3-2-8(6-10)13-9/h2-3H,4-7,10H2,1H3. The number of furan rings is 1. The Balaban J connectivity index is 2.20. The van der Waals surface area contributed by atoms with Crippen LogP contribution in [0.1, 0.15) is 11.5 Å². The molecule has 0 aliphatic heterocycles. The van der Waals surface area contributed by atoms with Crippen LogP contribution in [0.5, 0.6) is 0 Å². The third-order valence-electron chi connectivity index (χ3n) is 1.59. The van der Waals surface area contributed by atoms with Crippen molar-refractivity contribution < 1.29 is 13.9 Å². The minimum absolute atomic E-state index is 0.429. The summed E-state index contributed by atoms with van der Waals surface area (Å²) < 4.78 is 15.4. The predicted octanol–water partition coefficient (Wildman–Crippen LogP) is 0.901. The highest BCUT2D eigenvalue weighted by molar-refractivity contribution is 5.05. The Hall–Kier alpha value is -0.840. The van der Waals surface area contributed by atoms with Crippen LogP contribution in [0.25, 0.3) is 0 Å². The van der Waals surface area contributed by atoms with Gasteiger partial charge in [-0.25, -0.2) is 0 Å². The van der Waals surface area contributed by atoms with Crippen LogP contribution in [0, 0.1) is 0 Å². The molecular weight excluding hydrogens is 170 g/mol. The summed E-state index contributed by atoms with van der Waals surface area (Å²) in [5.41, 5.74) is 5.38. The number of methoxy groups -OCH3 is 1. The van der Waals surface area contributed by atoms with E-state index in [9.17, 15) is 0 Å². The summed E-state index contributed by atoms with van der Waals surface area (Å²) in [6.45, 7) is 2.08. The van der Waals surface area contributed by atoms with Crippen molar-refractivity contribution in [3.63, 3.8) is 0 Å². The smallest absolute Gasteiger partial charge is 0.129 e. The van der Waals surface area contributed by atoms with Gasteiger partial charge >= 0.3 is 0 Å². The maximum Gasteiger partial charge on any atom is 0.129 e.